The molecular formula is C19H15ClN2O6S3. The Kier molecular flexibility index (Phi) is 6.90. The van der Waals surface area contributed by atoms with Crippen LogP contribution in [0.15, 0.2) is 46.2 Å². The molecule has 1 saturated heterocycles. The number of anilines is 1. The second-order valence-electron chi connectivity index (χ2n) is 6.13. The van der Waals surface area contributed by atoms with Gasteiger partial charge in [-0.15, -0.1) is 0 Å². The van der Waals surface area contributed by atoms with E-state index in [1.807, 2.05) is 0 Å². The van der Waals surface area contributed by atoms with Crippen molar-refractivity contribution in [3.8, 4) is 11.5 Å². The van der Waals surface area contributed by atoms with E-state index in [2.05, 4.69) is 10.6 Å². The van der Waals surface area contributed by atoms with Gasteiger partial charge in [-0.2, -0.15) is 8.42 Å². The summed E-state index contributed by atoms with van der Waals surface area (Å²) in [7, 11) is -2.91. The van der Waals surface area contributed by atoms with Gasteiger partial charge in [0.1, 0.15) is 9.22 Å². The average Bonchev–Trinajstić information content (AvgIpc) is 3.00. The predicted octanol–water partition coefficient (Wildman–Crippen LogP) is 3.56. The van der Waals surface area contributed by atoms with Crippen LogP contribution in [0.4, 0.5) is 5.69 Å². The summed E-state index contributed by atoms with van der Waals surface area (Å²) >= 11 is 12.3. The molecule has 162 valence electrons. The molecule has 1 aliphatic heterocycles. The third-order valence-electron chi connectivity index (χ3n) is 3.85. The lowest BCUT2D eigenvalue weighted by atomic mass is 10.2. The number of thiocarbonyl (C=S) groups is 1. The van der Waals surface area contributed by atoms with Crippen molar-refractivity contribution in [1.82, 2.24) is 5.32 Å². The van der Waals surface area contributed by atoms with Gasteiger partial charge in [-0.3, -0.25) is 9.59 Å². The largest absolute Gasteiger partial charge is 0.493 e. The Bertz CT molecular complexity index is 1210. The highest BCUT2D eigenvalue weighted by atomic mass is 35.5. The van der Waals surface area contributed by atoms with Gasteiger partial charge in [0.15, 0.2) is 5.75 Å². The molecule has 0 bridgehead atoms. The number of amides is 2. The molecule has 3 rings (SSSR count). The first-order valence-corrected chi connectivity index (χ1v) is 11.5. The number of ether oxygens (including phenoxy) is 1. The van der Waals surface area contributed by atoms with Crippen molar-refractivity contribution in [2.75, 3.05) is 12.4 Å². The molecule has 0 radical (unpaired) electrons. The molecule has 31 heavy (non-hydrogen) atoms. The number of halogens is 1. The molecule has 1 fully saturated rings. The lowest BCUT2D eigenvalue weighted by Gasteiger charge is -2.13. The van der Waals surface area contributed by atoms with E-state index < -0.39 is 10.1 Å². The van der Waals surface area contributed by atoms with Gasteiger partial charge in [0.2, 0.25) is 11.7 Å². The Morgan fingerprint density at radius 3 is 2.48 bits per heavy atom. The fourth-order valence-electron chi connectivity index (χ4n) is 2.54. The normalized spacial score (nSPS) is 15.0. The summed E-state index contributed by atoms with van der Waals surface area (Å²) in [6.07, 6.45) is 1.55. The van der Waals surface area contributed by atoms with Gasteiger partial charge >= 0.3 is 10.1 Å². The van der Waals surface area contributed by atoms with Crippen LogP contribution in [0.5, 0.6) is 11.5 Å². The molecule has 12 heteroatoms. The van der Waals surface area contributed by atoms with Gasteiger partial charge in [0.05, 0.1) is 17.0 Å². The summed E-state index contributed by atoms with van der Waals surface area (Å²) < 4.78 is 36.2. The minimum atomic E-state index is -4.24. The molecule has 2 amide bonds. The maximum atomic E-state index is 12.7. The molecule has 8 nitrogen and oxygen atoms in total. The Hall–Kier alpha value is -2.60. The third kappa shape index (κ3) is 5.56. The highest BCUT2D eigenvalue weighted by molar-refractivity contribution is 8.26. The van der Waals surface area contributed by atoms with Gasteiger partial charge in [-0.05, 0) is 48.0 Å². The van der Waals surface area contributed by atoms with E-state index >= 15 is 0 Å². The minimum absolute atomic E-state index is 0.0318. The maximum absolute atomic E-state index is 12.7. The van der Waals surface area contributed by atoms with Gasteiger partial charge in [0.25, 0.3) is 5.91 Å². The average molecular weight is 499 g/mol. The Morgan fingerprint density at radius 1 is 1.26 bits per heavy atom. The zero-order chi connectivity index (χ0) is 22.8. The number of carbonyl (C=O) groups is 2. The number of carbonyl (C=O) groups excluding carboxylic acids is 2. The number of thioether (sulfide) groups is 1. The lowest BCUT2D eigenvalue weighted by molar-refractivity contribution is -0.115. The van der Waals surface area contributed by atoms with Crippen molar-refractivity contribution >= 4 is 73.6 Å². The number of nitrogens with one attached hydrogen (secondary N) is 2. The monoisotopic (exact) mass is 498 g/mol. The van der Waals surface area contributed by atoms with Crippen LogP contribution in [0.2, 0.25) is 5.02 Å². The standard InChI is InChI=1S/C19H15ClN2O6S3/c1-10(23)21-12-3-5-13(6-4-12)31(25,26)28-17-14(20)7-11(8-15(17)27-2)9-16-18(24)22-19(29)30-16/h3-9H,1-2H3,(H,21,23)(H,22,24,29)/b16-9+. The Morgan fingerprint density at radius 2 is 1.94 bits per heavy atom. The molecule has 0 saturated carbocycles. The van der Waals surface area contributed by atoms with E-state index in [-0.39, 0.29) is 33.2 Å². The fraction of sp³-hybridized carbons (Fsp3) is 0.105. The molecule has 0 unspecified atom stereocenters. The number of benzene rings is 2. The fourth-order valence-corrected chi connectivity index (χ4v) is 4.85. The van der Waals surface area contributed by atoms with E-state index in [0.717, 1.165) is 11.8 Å². The van der Waals surface area contributed by atoms with Crippen LogP contribution in [-0.2, 0) is 19.7 Å². The molecular weight excluding hydrogens is 484 g/mol. The van der Waals surface area contributed by atoms with Crippen LogP contribution in [0.25, 0.3) is 6.08 Å². The molecule has 0 atom stereocenters. The molecule has 2 N–H and O–H groups in total. The van der Waals surface area contributed by atoms with Crippen LogP contribution >= 0.6 is 35.6 Å². The van der Waals surface area contributed by atoms with Crippen molar-refractivity contribution < 1.29 is 26.9 Å². The van der Waals surface area contributed by atoms with Gasteiger partial charge in [0, 0.05) is 12.6 Å². The van der Waals surface area contributed by atoms with E-state index in [1.54, 1.807) is 6.08 Å². The summed E-state index contributed by atoms with van der Waals surface area (Å²) in [6.45, 7) is 1.34. The van der Waals surface area contributed by atoms with E-state index in [9.17, 15) is 18.0 Å². The first kappa shape index (κ1) is 23.1. The van der Waals surface area contributed by atoms with Crippen molar-refractivity contribution in [3.05, 3.63) is 51.9 Å². The lowest BCUT2D eigenvalue weighted by Crippen LogP contribution is -2.17. The quantitative estimate of drug-likeness (QED) is 0.353. The zero-order valence-corrected chi connectivity index (χ0v) is 19.3. The van der Waals surface area contributed by atoms with Crippen molar-refractivity contribution in [2.24, 2.45) is 0 Å². The van der Waals surface area contributed by atoms with Crippen LogP contribution in [-0.4, -0.2) is 31.7 Å². The number of rotatable bonds is 6. The maximum Gasteiger partial charge on any atom is 0.339 e. The smallest absolute Gasteiger partial charge is 0.339 e. The van der Waals surface area contributed by atoms with Crippen molar-refractivity contribution in [1.29, 1.82) is 0 Å². The van der Waals surface area contributed by atoms with Gasteiger partial charge < -0.3 is 19.6 Å². The van der Waals surface area contributed by atoms with Gasteiger partial charge in [-0.25, -0.2) is 0 Å². The first-order chi connectivity index (χ1) is 14.6. The predicted molar refractivity (Wildman–Crippen MR) is 123 cm³/mol. The highest BCUT2D eigenvalue weighted by Crippen LogP contribution is 2.39. The third-order valence-corrected chi connectivity index (χ3v) is 6.53. The van der Waals surface area contributed by atoms with E-state index in [1.165, 1.54) is 50.4 Å². The number of hydrogen-bond acceptors (Lipinski definition) is 8. The van der Waals surface area contributed by atoms with Crippen LogP contribution in [0.1, 0.15) is 12.5 Å². The summed E-state index contributed by atoms with van der Waals surface area (Å²) in [5, 5.41) is 5.01. The topological polar surface area (TPSA) is 111 Å². The van der Waals surface area contributed by atoms with Crippen LogP contribution in [0.3, 0.4) is 0 Å². The summed E-state index contributed by atoms with van der Waals surface area (Å²) in [6, 6.07) is 8.37. The summed E-state index contributed by atoms with van der Waals surface area (Å²) in [4.78, 5) is 23.2. The second kappa shape index (κ2) is 9.27. The van der Waals surface area contributed by atoms with Crippen molar-refractivity contribution in [3.63, 3.8) is 0 Å². The SMILES string of the molecule is COc1cc(/C=C2/SC(=S)NC2=O)cc(Cl)c1OS(=O)(=O)c1ccc(NC(C)=O)cc1. The number of hydrogen-bond donors (Lipinski definition) is 2. The molecule has 1 aliphatic rings. The van der Waals surface area contributed by atoms with Crippen molar-refractivity contribution in [2.45, 2.75) is 11.8 Å². The van der Waals surface area contributed by atoms with Crippen LogP contribution < -0.4 is 19.6 Å². The van der Waals surface area contributed by atoms with E-state index in [0.29, 0.717) is 20.5 Å². The Balaban J connectivity index is 1.90. The molecule has 2 aromatic carbocycles. The first-order valence-electron chi connectivity index (χ1n) is 8.53. The summed E-state index contributed by atoms with van der Waals surface area (Å²) in [5.74, 6) is -0.760. The zero-order valence-electron chi connectivity index (χ0n) is 16.1. The summed E-state index contributed by atoms with van der Waals surface area (Å²) in [5.41, 5.74) is 0.932. The Labute approximate surface area is 193 Å². The van der Waals surface area contributed by atoms with Crippen LogP contribution in [0, 0.1) is 0 Å². The van der Waals surface area contributed by atoms with Gasteiger partial charge in [-0.1, -0.05) is 35.6 Å². The molecule has 1 heterocycles. The minimum Gasteiger partial charge on any atom is -0.493 e. The van der Waals surface area contributed by atoms with E-state index in [4.69, 9.17) is 32.7 Å². The number of methoxy groups -OCH3 is 1. The highest BCUT2D eigenvalue weighted by Gasteiger charge is 2.24. The molecule has 0 aliphatic carbocycles. The second-order valence-corrected chi connectivity index (χ2v) is 9.80. The molecule has 0 spiro atoms. The molecule has 0 aromatic heterocycles. The molecule has 2 aromatic rings.